The Balaban J connectivity index is 1.88. The van der Waals surface area contributed by atoms with E-state index in [4.69, 9.17) is 9.47 Å². The molecule has 23 heavy (non-hydrogen) atoms. The number of likely N-dealkylation sites (tertiary alicyclic amines) is 1. The molecule has 1 aromatic rings. The predicted molar refractivity (Wildman–Crippen MR) is 78.4 cm³/mol. The Morgan fingerprint density at radius 2 is 2.04 bits per heavy atom. The van der Waals surface area contributed by atoms with Gasteiger partial charge < -0.3 is 19.5 Å². The predicted octanol–water partition coefficient (Wildman–Crippen LogP) is 1.27. The van der Waals surface area contributed by atoms with Gasteiger partial charge in [-0.1, -0.05) is 6.07 Å². The van der Waals surface area contributed by atoms with Crippen LogP contribution >= 0.6 is 0 Å². The molecule has 1 spiro atoms. The Morgan fingerprint density at radius 3 is 2.52 bits per heavy atom. The zero-order chi connectivity index (χ0) is 16.8. The molecule has 2 aliphatic rings. The lowest BCUT2D eigenvalue weighted by Gasteiger charge is -2.43. The van der Waals surface area contributed by atoms with Crippen LogP contribution in [0.4, 0.5) is 4.39 Å². The molecule has 2 saturated heterocycles. The Labute approximate surface area is 132 Å². The zero-order valence-corrected chi connectivity index (χ0v) is 13.0. The van der Waals surface area contributed by atoms with Gasteiger partial charge in [-0.25, -0.2) is 9.18 Å². The van der Waals surface area contributed by atoms with Crippen molar-refractivity contribution >= 4 is 11.9 Å². The SMILES string of the molecule is COc1cc(C(=O)N2CC3(COC3)C(F)(C(=O)O)C2)ccc1C. The van der Waals surface area contributed by atoms with Gasteiger partial charge in [0.15, 0.2) is 0 Å². The largest absolute Gasteiger partial charge is 0.496 e. The lowest BCUT2D eigenvalue weighted by molar-refractivity contribution is -0.192. The van der Waals surface area contributed by atoms with Gasteiger partial charge in [0.05, 0.1) is 32.3 Å². The quantitative estimate of drug-likeness (QED) is 0.906. The van der Waals surface area contributed by atoms with Crippen molar-refractivity contribution in [1.29, 1.82) is 0 Å². The number of carboxylic acids is 1. The topological polar surface area (TPSA) is 76.1 Å². The van der Waals surface area contributed by atoms with Crippen molar-refractivity contribution in [3.8, 4) is 5.75 Å². The number of nitrogens with zero attached hydrogens (tertiary/aromatic N) is 1. The van der Waals surface area contributed by atoms with Crippen LogP contribution in [-0.4, -0.2) is 61.0 Å². The monoisotopic (exact) mass is 323 g/mol. The normalized spacial score (nSPS) is 25.3. The van der Waals surface area contributed by atoms with Gasteiger partial charge in [0.1, 0.15) is 5.75 Å². The van der Waals surface area contributed by atoms with Gasteiger partial charge in [-0.2, -0.15) is 0 Å². The summed E-state index contributed by atoms with van der Waals surface area (Å²) in [6.07, 6.45) is 0. The molecule has 0 aromatic heterocycles. The van der Waals surface area contributed by atoms with E-state index in [-0.39, 0.29) is 19.8 Å². The van der Waals surface area contributed by atoms with Crippen LogP contribution in [0.25, 0.3) is 0 Å². The van der Waals surface area contributed by atoms with Crippen LogP contribution in [-0.2, 0) is 9.53 Å². The van der Waals surface area contributed by atoms with Crippen LogP contribution in [0.5, 0.6) is 5.75 Å². The first-order chi connectivity index (χ1) is 10.8. The molecule has 0 saturated carbocycles. The Morgan fingerprint density at radius 1 is 1.35 bits per heavy atom. The Bertz CT molecular complexity index is 672. The molecule has 7 heteroatoms. The molecule has 1 aromatic carbocycles. The Hall–Kier alpha value is -2.15. The van der Waals surface area contributed by atoms with E-state index in [1.54, 1.807) is 18.2 Å². The van der Waals surface area contributed by atoms with E-state index < -0.39 is 29.5 Å². The summed E-state index contributed by atoms with van der Waals surface area (Å²) >= 11 is 0. The van der Waals surface area contributed by atoms with Crippen LogP contribution in [0.1, 0.15) is 15.9 Å². The molecule has 0 aliphatic carbocycles. The van der Waals surface area contributed by atoms with Crippen molar-refractivity contribution < 1.29 is 28.6 Å². The number of carbonyl (C=O) groups excluding carboxylic acids is 1. The van der Waals surface area contributed by atoms with Crippen molar-refractivity contribution in [2.75, 3.05) is 33.4 Å². The summed E-state index contributed by atoms with van der Waals surface area (Å²) in [5.41, 5.74) is -2.41. The van der Waals surface area contributed by atoms with Gasteiger partial charge in [0.25, 0.3) is 5.91 Å². The first-order valence-corrected chi connectivity index (χ1v) is 7.27. The molecule has 1 amide bonds. The average Bonchev–Trinajstić information content (AvgIpc) is 2.82. The minimum Gasteiger partial charge on any atom is -0.496 e. The smallest absolute Gasteiger partial charge is 0.344 e. The first kappa shape index (κ1) is 15.7. The van der Waals surface area contributed by atoms with Crippen LogP contribution < -0.4 is 4.74 Å². The van der Waals surface area contributed by atoms with E-state index >= 15 is 0 Å². The second-order valence-corrected chi connectivity index (χ2v) is 6.23. The zero-order valence-electron chi connectivity index (χ0n) is 13.0. The molecule has 2 fully saturated rings. The molecular weight excluding hydrogens is 305 g/mol. The fourth-order valence-corrected chi connectivity index (χ4v) is 3.22. The van der Waals surface area contributed by atoms with E-state index in [0.29, 0.717) is 11.3 Å². The van der Waals surface area contributed by atoms with E-state index in [9.17, 15) is 19.1 Å². The van der Waals surface area contributed by atoms with Crippen molar-refractivity contribution in [2.24, 2.45) is 5.41 Å². The number of alkyl halides is 1. The first-order valence-electron chi connectivity index (χ1n) is 7.27. The number of carbonyl (C=O) groups is 2. The van der Waals surface area contributed by atoms with Gasteiger partial charge in [0.2, 0.25) is 5.67 Å². The average molecular weight is 323 g/mol. The summed E-state index contributed by atoms with van der Waals surface area (Å²) in [7, 11) is 1.50. The van der Waals surface area contributed by atoms with E-state index in [2.05, 4.69) is 0 Å². The van der Waals surface area contributed by atoms with Crippen LogP contribution in [0.2, 0.25) is 0 Å². The van der Waals surface area contributed by atoms with Gasteiger partial charge in [-0.3, -0.25) is 4.79 Å². The number of benzene rings is 1. The fraction of sp³-hybridized carbons (Fsp3) is 0.500. The number of hydrogen-bond donors (Lipinski definition) is 1. The molecule has 0 radical (unpaired) electrons. The third-order valence-corrected chi connectivity index (χ3v) is 4.78. The third-order valence-electron chi connectivity index (χ3n) is 4.78. The summed E-state index contributed by atoms with van der Waals surface area (Å²) in [4.78, 5) is 25.3. The maximum atomic E-state index is 15.0. The maximum absolute atomic E-state index is 15.0. The highest BCUT2D eigenvalue weighted by Crippen LogP contribution is 2.48. The van der Waals surface area contributed by atoms with Crippen molar-refractivity contribution in [1.82, 2.24) is 4.90 Å². The highest BCUT2D eigenvalue weighted by atomic mass is 19.1. The highest BCUT2D eigenvalue weighted by molar-refractivity contribution is 5.96. The van der Waals surface area contributed by atoms with Crippen LogP contribution in [0.3, 0.4) is 0 Å². The number of aliphatic carboxylic acids is 1. The summed E-state index contributed by atoms with van der Waals surface area (Å²) in [5.74, 6) is -1.39. The molecule has 1 N–H and O–H groups in total. The number of hydrogen-bond acceptors (Lipinski definition) is 4. The molecular formula is C16H18FNO5. The lowest BCUT2D eigenvalue weighted by Crippen LogP contribution is -2.60. The number of halogens is 1. The fourth-order valence-electron chi connectivity index (χ4n) is 3.22. The van der Waals surface area contributed by atoms with Crippen LogP contribution in [0, 0.1) is 12.3 Å². The van der Waals surface area contributed by atoms with Gasteiger partial charge in [0, 0.05) is 12.1 Å². The lowest BCUT2D eigenvalue weighted by atomic mass is 9.74. The second kappa shape index (κ2) is 5.19. The summed E-state index contributed by atoms with van der Waals surface area (Å²) in [5, 5.41) is 9.27. The van der Waals surface area contributed by atoms with Crippen molar-refractivity contribution in [3.05, 3.63) is 29.3 Å². The summed E-state index contributed by atoms with van der Waals surface area (Å²) < 4.78 is 25.2. The molecule has 2 aliphatic heterocycles. The molecule has 3 rings (SSSR count). The summed E-state index contributed by atoms with van der Waals surface area (Å²) in [6, 6.07) is 4.95. The number of carboxylic acid groups (broad SMARTS) is 1. The number of methoxy groups -OCH3 is 1. The number of rotatable bonds is 3. The standard InChI is InChI=1S/C16H18FNO5/c1-10-3-4-11(5-12(10)22-2)13(19)18-6-15(8-23-9-15)16(17,7-18)14(20)21/h3-5H,6-9H2,1-2H3,(H,20,21). The highest BCUT2D eigenvalue weighted by Gasteiger charge is 2.68. The van der Waals surface area contributed by atoms with Crippen molar-refractivity contribution in [2.45, 2.75) is 12.6 Å². The maximum Gasteiger partial charge on any atom is 0.344 e. The number of ether oxygens (including phenoxy) is 2. The molecule has 0 bridgehead atoms. The van der Waals surface area contributed by atoms with E-state index in [1.807, 2.05) is 6.92 Å². The van der Waals surface area contributed by atoms with E-state index in [1.165, 1.54) is 12.0 Å². The number of aryl methyl sites for hydroxylation is 1. The van der Waals surface area contributed by atoms with Crippen LogP contribution in [0.15, 0.2) is 18.2 Å². The molecule has 124 valence electrons. The van der Waals surface area contributed by atoms with Gasteiger partial charge >= 0.3 is 5.97 Å². The third kappa shape index (κ3) is 2.18. The van der Waals surface area contributed by atoms with E-state index in [0.717, 1.165) is 5.56 Å². The molecule has 1 unspecified atom stereocenters. The number of amides is 1. The second-order valence-electron chi connectivity index (χ2n) is 6.23. The van der Waals surface area contributed by atoms with Gasteiger partial charge in [-0.15, -0.1) is 0 Å². The minimum atomic E-state index is -2.48. The Kier molecular flexibility index (Phi) is 3.55. The molecule has 6 nitrogen and oxygen atoms in total. The van der Waals surface area contributed by atoms with Gasteiger partial charge in [-0.05, 0) is 24.6 Å². The minimum absolute atomic E-state index is 0.0107. The molecule has 2 heterocycles. The molecule has 1 atom stereocenters. The summed E-state index contributed by atoms with van der Waals surface area (Å²) in [6.45, 7) is 1.43. The van der Waals surface area contributed by atoms with Crippen molar-refractivity contribution in [3.63, 3.8) is 0 Å².